The molecule has 1 aromatic heterocycles. The van der Waals surface area contributed by atoms with Gasteiger partial charge >= 0.3 is 6.18 Å². The van der Waals surface area contributed by atoms with E-state index in [2.05, 4.69) is 20.2 Å². The predicted octanol–water partition coefficient (Wildman–Crippen LogP) is 4.42. The van der Waals surface area contributed by atoms with Gasteiger partial charge in [-0.2, -0.15) is 13.2 Å². The average molecular weight is 407 g/mol. The number of aromatic nitrogens is 3. The van der Waals surface area contributed by atoms with E-state index in [0.717, 1.165) is 29.5 Å². The summed E-state index contributed by atoms with van der Waals surface area (Å²) in [6, 6.07) is 11.3. The molecule has 0 aliphatic carbocycles. The Kier molecular flexibility index (Phi) is 5.59. The van der Waals surface area contributed by atoms with Crippen LogP contribution in [0.3, 0.4) is 0 Å². The monoisotopic (exact) mass is 407 g/mol. The van der Waals surface area contributed by atoms with Crippen molar-refractivity contribution in [3.05, 3.63) is 65.5 Å². The highest BCUT2D eigenvalue weighted by atomic mass is 32.2. The van der Waals surface area contributed by atoms with Crippen molar-refractivity contribution in [3.8, 4) is 5.75 Å². The highest BCUT2D eigenvalue weighted by molar-refractivity contribution is 8.13. The summed E-state index contributed by atoms with van der Waals surface area (Å²) in [7, 11) is 0. The Labute approximate surface area is 162 Å². The Balaban J connectivity index is 1.72. The smallest absolute Gasteiger partial charge is 0.416 e. The Morgan fingerprint density at radius 1 is 1.21 bits per heavy atom. The number of alkyl halides is 3. The zero-order valence-electron chi connectivity index (χ0n) is 14.6. The first kappa shape index (κ1) is 19.7. The normalized spacial score (nSPS) is 13.5. The zero-order valence-corrected chi connectivity index (χ0v) is 15.4. The lowest BCUT2D eigenvalue weighted by Gasteiger charge is -2.08. The zero-order chi connectivity index (χ0) is 20.3. The van der Waals surface area contributed by atoms with Crippen molar-refractivity contribution >= 4 is 22.6 Å². The van der Waals surface area contributed by atoms with Crippen LogP contribution in [0.25, 0.3) is 0 Å². The lowest BCUT2D eigenvalue weighted by atomic mass is 10.0. The molecule has 0 spiro atoms. The molecule has 0 unspecified atom stereocenters. The van der Waals surface area contributed by atoms with Crippen LogP contribution in [0.15, 0.2) is 58.7 Å². The van der Waals surface area contributed by atoms with Gasteiger partial charge in [0.05, 0.1) is 11.3 Å². The molecule has 0 aliphatic heterocycles. The second-order valence-corrected chi connectivity index (χ2v) is 6.90. The summed E-state index contributed by atoms with van der Waals surface area (Å²) in [4.78, 5) is 8.33. The molecule has 4 N–H and O–H groups in total. The molecular weight excluding hydrogens is 391 g/mol. The van der Waals surface area contributed by atoms with Crippen molar-refractivity contribution in [2.24, 2.45) is 10.7 Å². The molecule has 1 atom stereocenters. The Morgan fingerprint density at radius 2 is 1.93 bits per heavy atom. The number of aromatic hydroxyl groups is 1. The van der Waals surface area contributed by atoms with Crippen molar-refractivity contribution in [2.45, 2.75) is 24.2 Å². The number of halogens is 3. The minimum absolute atomic E-state index is 0.0159. The van der Waals surface area contributed by atoms with Gasteiger partial charge in [0.15, 0.2) is 5.17 Å². The molecule has 2 aromatic carbocycles. The molecule has 0 amide bonds. The van der Waals surface area contributed by atoms with E-state index in [1.54, 1.807) is 24.3 Å². The first-order chi connectivity index (χ1) is 13.2. The molecule has 3 rings (SSSR count). The van der Waals surface area contributed by atoms with Crippen molar-refractivity contribution in [1.82, 2.24) is 15.2 Å². The number of hydrogen-bond acceptors (Lipinski definition) is 5. The third-order valence-electron chi connectivity index (χ3n) is 3.89. The van der Waals surface area contributed by atoms with Gasteiger partial charge in [-0.15, -0.1) is 5.10 Å². The van der Waals surface area contributed by atoms with E-state index in [1.807, 2.05) is 6.92 Å². The van der Waals surface area contributed by atoms with Gasteiger partial charge in [0.25, 0.3) is 0 Å². The summed E-state index contributed by atoms with van der Waals surface area (Å²) >= 11 is 0.941. The van der Waals surface area contributed by atoms with Crippen LogP contribution >= 0.6 is 11.8 Å². The van der Waals surface area contributed by atoms with E-state index in [-0.39, 0.29) is 22.5 Å². The molecule has 3 aromatic rings. The van der Waals surface area contributed by atoms with Crippen molar-refractivity contribution in [3.63, 3.8) is 0 Å². The second kappa shape index (κ2) is 7.93. The number of aliphatic imine (C=N–C) groups is 1. The lowest BCUT2D eigenvalue weighted by Crippen LogP contribution is -2.07. The number of hydrogen-bond donors (Lipinski definition) is 3. The number of phenolic OH excluding ortho intramolecular Hbond substituents is 1. The third-order valence-corrected chi connectivity index (χ3v) is 4.56. The SMILES string of the molecule is C[C@@H](c1ccc(O)cc1)c1nc(SC(N)=Nc2cccc(C(F)(F)F)c2)n[nH]1. The number of benzene rings is 2. The fourth-order valence-corrected chi connectivity index (χ4v) is 2.99. The van der Waals surface area contributed by atoms with Gasteiger partial charge in [-0.05, 0) is 47.7 Å². The number of rotatable bonds is 4. The molecule has 0 aliphatic rings. The highest BCUT2D eigenvalue weighted by Gasteiger charge is 2.30. The van der Waals surface area contributed by atoms with Gasteiger partial charge in [-0.3, -0.25) is 5.10 Å². The fourth-order valence-electron chi connectivity index (χ4n) is 2.41. The molecule has 6 nitrogen and oxygen atoms in total. The molecule has 0 saturated carbocycles. The number of nitrogens with one attached hydrogen (secondary N) is 1. The number of thioether (sulfide) groups is 1. The first-order valence-electron chi connectivity index (χ1n) is 8.13. The van der Waals surface area contributed by atoms with Crippen molar-refractivity contribution in [2.75, 3.05) is 0 Å². The highest BCUT2D eigenvalue weighted by Crippen LogP contribution is 2.32. The Morgan fingerprint density at radius 3 is 2.61 bits per heavy atom. The van der Waals surface area contributed by atoms with Crippen LogP contribution in [0.5, 0.6) is 5.75 Å². The summed E-state index contributed by atoms with van der Waals surface area (Å²) in [5, 5.41) is 16.6. The lowest BCUT2D eigenvalue weighted by molar-refractivity contribution is -0.137. The second-order valence-electron chi connectivity index (χ2n) is 5.92. The Hall–Kier alpha value is -3.01. The molecule has 0 radical (unpaired) electrons. The van der Waals surface area contributed by atoms with Crippen molar-refractivity contribution < 1.29 is 18.3 Å². The minimum atomic E-state index is -4.45. The van der Waals surface area contributed by atoms with E-state index >= 15 is 0 Å². The maximum Gasteiger partial charge on any atom is 0.416 e. The fraction of sp³-hybridized carbons (Fsp3) is 0.167. The summed E-state index contributed by atoms with van der Waals surface area (Å²) in [6.45, 7) is 1.92. The number of H-pyrrole nitrogens is 1. The standard InChI is InChI=1S/C18H16F3N5OS/c1-10(11-5-7-14(27)8-6-11)15-24-17(26-25-15)28-16(22)23-13-4-2-3-12(9-13)18(19,20)21/h2-10,27H,1H3,(H2,22,23)(H,24,25,26)/t10-/m0/s1. The van der Waals surface area contributed by atoms with Gasteiger partial charge in [0, 0.05) is 5.92 Å². The molecule has 10 heteroatoms. The van der Waals surface area contributed by atoms with Crippen LogP contribution in [0.2, 0.25) is 0 Å². The largest absolute Gasteiger partial charge is 0.508 e. The molecule has 0 fully saturated rings. The van der Waals surface area contributed by atoms with Crippen LogP contribution in [0.4, 0.5) is 18.9 Å². The number of nitrogens with zero attached hydrogens (tertiary/aromatic N) is 3. The Bertz CT molecular complexity index is 985. The number of nitrogens with two attached hydrogens (primary N) is 1. The predicted molar refractivity (Wildman–Crippen MR) is 101 cm³/mol. The molecular formula is C18H16F3N5OS. The van der Waals surface area contributed by atoms with Gasteiger partial charge < -0.3 is 10.8 Å². The van der Waals surface area contributed by atoms with E-state index in [0.29, 0.717) is 11.0 Å². The van der Waals surface area contributed by atoms with Crippen molar-refractivity contribution in [1.29, 1.82) is 0 Å². The molecule has 0 saturated heterocycles. The van der Waals surface area contributed by atoms with Crippen LogP contribution in [-0.2, 0) is 6.18 Å². The van der Waals surface area contributed by atoms with Gasteiger partial charge in [-0.25, -0.2) is 9.98 Å². The van der Waals surface area contributed by atoms with Gasteiger partial charge in [0.1, 0.15) is 11.6 Å². The van der Waals surface area contributed by atoms with E-state index in [9.17, 15) is 18.3 Å². The van der Waals surface area contributed by atoms with E-state index < -0.39 is 11.7 Å². The van der Waals surface area contributed by atoms with Crippen LogP contribution < -0.4 is 5.73 Å². The van der Waals surface area contributed by atoms with Gasteiger partial charge in [0.2, 0.25) is 5.16 Å². The first-order valence-corrected chi connectivity index (χ1v) is 8.94. The van der Waals surface area contributed by atoms with Crippen LogP contribution in [-0.4, -0.2) is 25.5 Å². The molecule has 146 valence electrons. The number of amidine groups is 1. The quantitative estimate of drug-likeness (QED) is 0.338. The summed E-state index contributed by atoms with van der Waals surface area (Å²) in [6.07, 6.45) is -4.45. The van der Waals surface area contributed by atoms with Crippen LogP contribution in [0.1, 0.15) is 29.8 Å². The molecule has 28 heavy (non-hydrogen) atoms. The third kappa shape index (κ3) is 4.83. The maximum absolute atomic E-state index is 12.8. The van der Waals surface area contributed by atoms with E-state index in [1.165, 1.54) is 12.1 Å². The number of phenols is 1. The van der Waals surface area contributed by atoms with Crippen LogP contribution in [0, 0.1) is 0 Å². The van der Waals surface area contributed by atoms with E-state index in [4.69, 9.17) is 5.73 Å². The summed E-state index contributed by atoms with van der Waals surface area (Å²) in [5.74, 6) is 0.646. The summed E-state index contributed by atoms with van der Waals surface area (Å²) in [5.41, 5.74) is 6.04. The topological polar surface area (TPSA) is 100 Å². The summed E-state index contributed by atoms with van der Waals surface area (Å²) < 4.78 is 38.3. The molecule has 1 heterocycles. The van der Waals surface area contributed by atoms with Gasteiger partial charge in [-0.1, -0.05) is 25.1 Å². The number of aromatic amines is 1. The molecule has 0 bridgehead atoms. The maximum atomic E-state index is 12.8. The average Bonchev–Trinajstić information content (AvgIpc) is 3.09. The minimum Gasteiger partial charge on any atom is -0.508 e.